The maximum atomic E-state index is 7.14. The van der Waals surface area contributed by atoms with Crippen molar-refractivity contribution in [3.8, 4) is 33.5 Å². The van der Waals surface area contributed by atoms with Crippen molar-refractivity contribution in [2.24, 2.45) is 0 Å². The van der Waals surface area contributed by atoms with E-state index < -0.39 is 0 Å². The van der Waals surface area contributed by atoms with Crippen LogP contribution in [0.2, 0.25) is 0 Å². The Balaban J connectivity index is 1.19. The van der Waals surface area contributed by atoms with Crippen LogP contribution in [0.5, 0.6) is 0 Å². The first-order valence-corrected chi connectivity index (χ1v) is 23.9. The molecule has 1 aliphatic carbocycles. The van der Waals surface area contributed by atoms with E-state index in [0.29, 0.717) is 0 Å². The van der Waals surface area contributed by atoms with Crippen molar-refractivity contribution in [2.75, 3.05) is 4.90 Å². The van der Waals surface area contributed by atoms with E-state index in [1.807, 2.05) is 11.8 Å². The molecule has 0 spiro atoms. The van der Waals surface area contributed by atoms with Crippen molar-refractivity contribution >= 4 is 79.4 Å². The molecular formula is C60H47BN2OS. The average molecular weight is 855 g/mol. The Bertz CT molecular complexity index is 3750. The van der Waals surface area contributed by atoms with E-state index in [0.717, 1.165) is 21.9 Å². The maximum absolute atomic E-state index is 7.14. The van der Waals surface area contributed by atoms with Crippen LogP contribution in [-0.2, 0) is 16.2 Å². The summed E-state index contributed by atoms with van der Waals surface area (Å²) in [7, 11) is 0. The minimum absolute atomic E-state index is 0.0393. The van der Waals surface area contributed by atoms with E-state index in [1.54, 1.807) is 0 Å². The molecule has 10 aromatic rings. The number of furan rings is 1. The molecule has 0 N–H and O–H groups in total. The second-order valence-electron chi connectivity index (χ2n) is 20.8. The summed E-state index contributed by atoms with van der Waals surface area (Å²) in [5.74, 6) is 0. The van der Waals surface area contributed by atoms with Crippen molar-refractivity contribution in [3.05, 3.63) is 186 Å². The normalized spacial score (nSPS) is 15.7. The lowest BCUT2D eigenvalue weighted by molar-refractivity contribution is 0.590. The molecule has 5 heteroatoms. The van der Waals surface area contributed by atoms with E-state index in [2.05, 4.69) is 216 Å². The van der Waals surface area contributed by atoms with Gasteiger partial charge in [0.25, 0.3) is 0 Å². The van der Waals surface area contributed by atoms with Crippen molar-refractivity contribution in [1.82, 2.24) is 4.48 Å². The highest BCUT2D eigenvalue weighted by Crippen LogP contribution is 2.58. The van der Waals surface area contributed by atoms with Gasteiger partial charge in [0.05, 0.1) is 5.69 Å². The van der Waals surface area contributed by atoms with Crippen molar-refractivity contribution < 1.29 is 4.42 Å². The highest BCUT2D eigenvalue weighted by Gasteiger charge is 2.50. The molecule has 5 heterocycles. The van der Waals surface area contributed by atoms with Gasteiger partial charge in [0, 0.05) is 81.6 Å². The Morgan fingerprint density at radius 2 is 1.28 bits per heavy atom. The summed E-state index contributed by atoms with van der Waals surface area (Å²) in [6, 6.07) is 59.8. The van der Waals surface area contributed by atoms with E-state index in [9.17, 15) is 0 Å². The van der Waals surface area contributed by atoms with E-state index in [4.69, 9.17) is 4.42 Å². The predicted octanol–water partition coefficient (Wildman–Crippen LogP) is 15.0. The Labute approximate surface area is 384 Å². The summed E-state index contributed by atoms with van der Waals surface area (Å²) in [4.78, 5) is 5.31. The van der Waals surface area contributed by atoms with Gasteiger partial charge in [0.1, 0.15) is 11.2 Å². The number of anilines is 3. The largest absolute Gasteiger partial charge is 0.455 e. The van der Waals surface area contributed by atoms with Gasteiger partial charge in [0.2, 0.25) is 0 Å². The molecule has 4 aliphatic rings. The third-order valence-electron chi connectivity index (χ3n) is 15.5. The van der Waals surface area contributed by atoms with Crippen molar-refractivity contribution in [2.45, 2.75) is 74.5 Å². The summed E-state index contributed by atoms with van der Waals surface area (Å²) in [5.41, 5.74) is 23.3. The molecule has 0 unspecified atom stereocenters. The number of fused-ring (bicyclic) bond motifs is 15. The quantitative estimate of drug-likeness (QED) is 0.162. The number of hydrogen-bond donors (Lipinski definition) is 0. The van der Waals surface area contributed by atoms with E-state index in [1.165, 1.54) is 110 Å². The molecule has 14 rings (SSSR count). The van der Waals surface area contributed by atoms with Crippen LogP contribution in [0.15, 0.2) is 172 Å². The zero-order valence-corrected chi connectivity index (χ0v) is 38.6. The summed E-state index contributed by atoms with van der Waals surface area (Å²) in [5, 5.41) is 3.61. The fourth-order valence-electron chi connectivity index (χ4n) is 12.4. The van der Waals surface area contributed by atoms with E-state index in [-0.39, 0.29) is 23.1 Å². The van der Waals surface area contributed by atoms with Gasteiger partial charge in [-0.15, -0.1) is 0 Å². The number of aromatic nitrogens is 1. The van der Waals surface area contributed by atoms with Crippen molar-refractivity contribution in [1.29, 1.82) is 0 Å². The first kappa shape index (κ1) is 37.7. The van der Waals surface area contributed by atoms with Gasteiger partial charge in [-0.05, 0) is 92.2 Å². The van der Waals surface area contributed by atoms with Crippen LogP contribution >= 0.6 is 11.8 Å². The van der Waals surface area contributed by atoms with Crippen LogP contribution < -0.4 is 15.8 Å². The smallest absolute Gasteiger partial charge is 0.333 e. The topological polar surface area (TPSA) is 21.3 Å². The molecule has 0 saturated heterocycles. The third kappa shape index (κ3) is 4.79. The van der Waals surface area contributed by atoms with Gasteiger partial charge in [0.15, 0.2) is 0 Å². The predicted molar refractivity (Wildman–Crippen MR) is 274 cm³/mol. The highest BCUT2D eigenvalue weighted by molar-refractivity contribution is 7.99. The monoisotopic (exact) mass is 854 g/mol. The molecule has 0 amide bonds. The molecular weight excluding hydrogens is 808 g/mol. The van der Waals surface area contributed by atoms with Crippen LogP contribution in [0, 0.1) is 0 Å². The molecule has 312 valence electrons. The van der Waals surface area contributed by atoms with Crippen LogP contribution in [0.4, 0.5) is 17.1 Å². The molecule has 0 bridgehead atoms. The van der Waals surface area contributed by atoms with Crippen LogP contribution in [-0.4, -0.2) is 11.3 Å². The van der Waals surface area contributed by atoms with Crippen LogP contribution in [0.1, 0.15) is 76.3 Å². The first-order valence-electron chi connectivity index (χ1n) is 23.1. The molecule has 0 atom stereocenters. The molecule has 0 saturated carbocycles. The number of nitrogens with zero attached hydrogens (tertiary/aromatic N) is 2. The fraction of sp³-hybridized carbons (Fsp3) is 0.167. The van der Waals surface area contributed by atoms with Crippen molar-refractivity contribution in [3.63, 3.8) is 0 Å². The van der Waals surface area contributed by atoms with Crippen LogP contribution in [0.25, 0.3) is 66.4 Å². The Morgan fingerprint density at radius 1 is 0.554 bits per heavy atom. The highest BCUT2D eigenvalue weighted by atomic mass is 32.2. The second kappa shape index (κ2) is 12.6. The molecule has 3 aliphatic heterocycles. The van der Waals surface area contributed by atoms with E-state index >= 15 is 0 Å². The standard InChI is InChI=1S/C60H47BN2OS/c1-58(2,3)35-28-29-46(40(30-35)34-18-9-8-10-19-34)62-47-32-44-51(65-50-27-16-14-25-43(50)59(44,4)5)33-45(47)61-54-48(62)31-41-36-20-12-15-26-49(36)64-57(41)52(54)38-22-17-23-39-53-56(63(61)55(38)39)37-21-11-13-24-42(37)60(53,6)7/h8-33H,1-7H3. The first-order chi connectivity index (χ1) is 31.4. The Hall–Kier alpha value is -6.69. The van der Waals surface area contributed by atoms with Gasteiger partial charge in [-0.2, -0.15) is 0 Å². The molecule has 65 heavy (non-hydrogen) atoms. The molecule has 2 aromatic heterocycles. The summed E-state index contributed by atoms with van der Waals surface area (Å²) in [6.45, 7) is 16.5. The second-order valence-corrected chi connectivity index (χ2v) is 21.9. The van der Waals surface area contributed by atoms with Gasteiger partial charge in [-0.1, -0.05) is 175 Å². The molecule has 0 radical (unpaired) electrons. The summed E-state index contributed by atoms with van der Waals surface area (Å²) in [6.07, 6.45) is 0. The fourth-order valence-corrected chi connectivity index (χ4v) is 13.9. The minimum Gasteiger partial charge on any atom is -0.455 e. The molecule has 8 aromatic carbocycles. The number of hydrogen-bond acceptors (Lipinski definition) is 3. The third-order valence-corrected chi connectivity index (χ3v) is 16.7. The number of benzene rings is 8. The maximum Gasteiger partial charge on any atom is 0.333 e. The summed E-state index contributed by atoms with van der Waals surface area (Å²) < 4.78 is 9.91. The van der Waals surface area contributed by atoms with Gasteiger partial charge < -0.3 is 13.8 Å². The van der Waals surface area contributed by atoms with Gasteiger partial charge >= 0.3 is 6.85 Å². The molecule has 0 fully saturated rings. The Morgan fingerprint density at radius 3 is 2.11 bits per heavy atom. The van der Waals surface area contributed by atoms with Gasteiger partial charge in [-0.3, -0.25) is 0 Å². The average Bonchev–Trinajstić information content (AvgIpc) is 3.94. The lowest BCUT2D eigenvalue weighted by atomic mass is 9.44. The van der Waals surface area contributed by atoms with Gasteiger partial charge in [-0.25, -0.2) is 0 Å². The minimum atomic E-state index is -0.226. The van der Waals surface area contributed by atoms with Crippen LogP contribution in [0.3, 0.4) is 0 Å². The number of para-hydroxylation sites is 2. The lowest BCUT2D eigenvalue weighted by Gasteiger charge is -2.43. The number of rotatable bonds is 2. The zero-order chi connectivity index (χ0) is 43.9. The Kier molecular flexibility index (Phi) is 7.28. The molecule has 3 nitrogen and oxygen atoms in total. The zero-order valence-electron chi connectivity index (χ0n) is 37.8. The SMILES string of the molecule is CC(C)(C)c1ccc(N2c3cc4c(cc3B3c5c2cc2c(oc6ccccc62)c5-c2cccc5c6c(n3c25)-c2ccccc2C6(C)C)Sc2ccccc2C4(C)C)c(-c2ccccc2)c1. The lowest BCUT2D eigenvalue weighted by Crippen LogP contribution is -2.57. The summed E-state index contributed by atoms with van der Waals surface area (Å²) >= 11 is 1.93.